The van der Waals surface area contributed by atoms with E-state index >= 15 is 0 Å². The predicted octanol–water partition coefficient (Wildman–Crippen LogP) is 4.84. The van der Waals surface area contributed by atoms with Crippen LogP contribution in [-0.2, 0) is 4.74 Å². The van der Waals surface area contributed by atoms with Crippen molar-refractivity contribution in [3.05, 3.63) is 102 Å². The SMILES string of the molecule is C1=C(c2ccccc2)N=C(c2ccco2)OC1c1ccccc1. The number of hydrogen-bond acceptors (Lipinski definition) is 3. The molecule has 3 heteroatoms. The van der Waals surface area contributed by atoms with Gasteiger partial charge in [-0.05, 0) is 23.8 Å². The first-order chi connectivity index (χ1) is 11.4. The van der Waals surface area contributed by atoms with E-state index in [1.54, 1.807) is 6.26 Å². The second kappa shape index (κ2) is 5.97. The Morgan fingerprint density at radius 1 is 0.783 bits per heavy atom. The number of benzene rings is 2. The molecular weight excluding hydrogens is 286 g/mol. The number of hydrogen-bond donors (Lipinski definition) is 0. The normalized spacial score (nSPS) is 17.1. The van der Waals surface area contributed by atoms with E-state index in [-0.39, 0.29) is 6.10 Å². The smallest absolute Gasteiger partial charge is 0.259 e. The summed E-state index contributed by atoms with van der Waals surface area (Å²) in [4.78, 5) is 4.63. The van der Waals surface area contributed by atoms with Crippen LogP contribution in [0.25, 0.3) is 5.70 Å². The molecule has 0 fully saturated rings. The standard InChI is InChI=1S/C20H15NO2/c1-3-8-15(9-4-1)17-14-19(16-10-5-2-6-11-16)23-20(21-17)18-12-7-13-22-18/h1-14,19H. The molecule has 1 aliphatic heterocycles. The molecule has 1 aliphatic rings. The molecule has 0 saturated carbocycles. The van der Waals surface area contributed by atoms with E-state index in [1.807, 2.05) is 66.7 Å². The molecule has 0 amide bonds. The number of rotatable bonds is 3. The second-order valence-electron chi connectivity index (χ2n) is 5.26. The Morgan fingerprint density at radius 3 is 2.22 bits per heavy atom. The summed E-state index contributed by atoms with van der Waals surface area (Å²) in [6, 6.07) is 23.9. The zero-order valence-electron chi connectivity index (χ0n) is 12.4. The molecular formula is C20H15NO2. The topological polar surface area (TPSA) is 34.7 Å². The molecule has 112 valence electrons. The first-order valence-corrected chi connectivity index (χ1v) is 7.51. The van der Waals surface area contributed by atoms with Gasteiger partial charge < -0.3 is 9.15 Å². The van der Waals surface area contributed by atoms with Crippen LogP contribution in [0.2, 0.25) is 0 Å². The van der Waals surface area contributed by atoms with Gasteiger partial charge in [0.2, 0.25) is 0 Å². The summed E-state index contributed by atoms with van der Waals surface area (Å²) in [5.41, 5.74) is 3.03. The molecule has 0 bridgehead atoms. The van der Waals surface area contributed by atoms with E-state index in [2.05, 4.69) is 17.1 Å². The third-order valence-corrected chi connectivity index (χ3v) is 3.70. The Labute approximate surface area is 134 Å². The highest BCUT2D eigenvalue weighted by Crippen LogP contribution is 2.31. The van der Waals surface area contributed by atoms with Crippen LogP contribution in [0.4, 0.5) is 0 Å². The Balaban J connectivity index is 1.78. The summed E-state index contributed by atoms with van der Waals surface area (Å²) >= 11 is 0. The van der Waals surface area contributed by atoms with Crippen LogP contribution in [0.3, 0.4) is 0 Å². The molecule has 2 aromatic carbocycles. The minimum absolute atomic E-state index is 0.191. The van der Waals surface area contributed by atoms with Gasteiger partial charge in [0.05, 0.1) is 12.0 Å². The van der Waals surface area contributed by atoms with Crippen LogP contribution in [-0.4, -0.2) is 5.90 Å². The maximum Gasteiger partial charge on any atom is 0.259 e. The highest BCUT2D eigenvalue weighted by molar-refractivity contribution is 5.96. The largest absolute Gasteiger partial charge is 0.462 e. The predicted molar refractivity (Wildman–Crippen MR) is 89.9 cm³/mol. The minimum atomic E-state index is -0.191. The van der Waals surface area contributed by atoms with E-state index in [9.17, 15) is 0 Å². The van der Waals surface area contributed by atoms with Gasteiger partial charge in [-0.2, -0.15) is 0 Å². The molecule has 0 saturated heterocycles. The van der Waals surface area contributed by atoms with Crippen molar-refractivity contribution in [2.24, 2.45) is 4.99 Å². The van der Waals surface area contributed by atoms with Crippen molar-refractivity contribution in [3.8, 4) is 0 Å². The summed E-state index contributed by atoms with van der Waals surface area (Å²) < 4.78 is 11.5. The monoisotopic (exact) mass is 301 g/mol. The van der Waals surface area contributed by atoms with Crippen molar-refractivity contribution in [3.63, 3.8) is 0 Å². The lowest BCUT2D eigenvalue weighted by Gasteiger charge is -2.22. The van der Waals surface area contributed by atoms with Crippen LogP contribution < -0.4 is 0 Å². The summed E-state index contributed by atoms with van der Waals surface area (Å²) in [5.74, 6) is 1.14. The fourth-order valence-electron chi connectivity index (χ4n) is 2.56. The van der Waals surface area contributed by atoms with Crippen LogP contribution in [0.1, 0.15) is 23.0 Å². The van der Waals surface area contributed by atoms with Crippen molar-refractivity contribution in [2.45, 2.75) is 6.10 Å². The van der Waals surface area contributed by atoms with Gasteiger partial charge in [0.15, 0.2) is 5.76 Å². The zero-order valence-corrected chi connectivity index (χ0v) is 12.4. The summed E-state index contributed by atoms with van der Waals surface area (Å²) in [6.07, 6.45) is 3.47. The van der Waals surface area contributed by atoms with E-state index in [4.69, 9.17) is 9.15 Å². The molecule has 4 rings (SSSR count). The highest BCUT2D eigenvalue weighted by atomic mass is 16.5. The summed E-state index contributed by atoms with van der Waals surface area (Å²) in [7, 11) is 0. The molecule has 23 heavy (non-hydrogen) atoms. The van der Waals surface area contributed by atoms with Gasteiger partial charge in [-0.15, -0.1) is 0 Å². The average molecular weight is 301 g/mol. The minimum Gasteiger partial charge on any atom is -0.462 e. The van der Waals surface area contributed by atoms with E-state index < -0.39 is 0 Å². The van der Waals surface area contributed by atoms with Crippen molar-refractivity contribution in [2.75, 3.05) is 0 Å². The quantitative estimate of drug-likeness (QED) is 0.694. The highest BCUT2D eigenvalue weighted by Gasteiger charge is 2.22. The summed E-state index contributed by atoms with van der Waals surface area (Å²) in [5, 5.41) is 0. The van der Waals surface area contributed by atoms with Gasteiger partial charge >= 0.3 is 0 Å². The molecule has 0 N–H and O–H groups in total. The van der Waals surface area contributed by atoms with Gasteiger partial charge in [-0.25, -0.2) is 4.99 Å². The van der Waals surface area contributed by atoms with Gasteiger partial charge in [-0.3, -0.25) is 0 Å². The van der Waals surface area contributed by atoms with Gasteiger partial charge in [0, 0.05) is 5.56 Å². The van der Waals surface area contributed by atoms with E-state index in [0.717, 1.165) is 16.8 Å². The lowest BCUT2D eigenvalue weighted by Crippen LogP contribution is -2.15. The lowest BCUT2D eigenvalue weighted by atomic mass is 10.0. The molecule has 1 aromatic heterocycles. The molecule has 1 unspecified atom stereocenters. The third-order valence-electron chi connectivity index (χ3n) is 3.70. The number of aliphatic imine (C=N–C) groups is 1. The maximum atomic E-state index is 6.05. The number of furan rings is 1. The van der Waals surface area contributed by atoms with Gasteiger partial charge in [0.25, 0.3) is 5.90 Å². The Hall–Kier alpha value is -3.07. The number of ether oxygens (including phenoxy) is 1. The van der Waals surface area contributed by atoms with Crippen molar-refractivity contribution in [1.82, 2.24) is 0 Å². The fraction of sp³-hybridized carbons (Fsp3) is 0.0500. The molecule has 3 aromatic rings. The summed E-state index contributed by atoms with van der Waals surface area (Å²) in [6.45, 7) is 0. The first kappa shape index (κ1) is 13.6. The lowest BCUT2D eigenvalue weighted by molar-refractivity contribution is 0.233. The first-order valence-electron chi connectivity index (χ1n) is 7.51. The second-order valence-corrected chi connectivity index (χ2v) is 5.26. The van der Waals surface area contributed by atoms with Crippen LogP contribution in [0.5, 0.6) is 0 Å². The zero-order chi connectivity index (χ0) is 15.5. The van der Waals surface area contributed by atoms with Gasteiger partial charge in [0.1, 0.15) is 6.10 Å². The van der Waals surface area contributed by atoms with Crippen LogP contribution >= 0.6 is 0 Å². The molecule has 3 nitrogen and oxygen atoms in total. The average Bonchev–Trinajstić information content (AvgIpc) is 3.18. The fourth-order valence-corrected chi connectivity index (χ4v) is 2.56. The van der Waals surface area contributed by atoms with E-state index in [1.165, 1.54) is 0 Å². The number of nitrogens with zero attached hydrogens (tertiary/aromatic N) is 1. The molecule has 2 heterocycles. The third kappa shape index (κ3) is 2.81. The Kier molecular flexibility index (Phi) is 3.53. The van der Waals surface area contributed by atoms with Crippen LogP contribution in [0, 0.1) is 0 Å². The van der Waals surface area contributed by atoms with Crippen molar-refractivity contribution >= 4 is 11.6 Å². The van der Waals surface area contributed by atoms with E-state index in [0.29, 0.717) is 11.7 Å². The molecule has 0 aliphatic carbocycles. The molecule has 1 atom stereocenters. The van der Waals surface area contributed by atoms with Crippen LogP contribution in [0.15, 0.2) is 94.5 Å². The van der Waals surface area contributed by atoms with Gasteiger partial charge in [-0.1, -0.05) is 60.7 Å². The molecule has 0 radical (unpaired) electrons. The maximum absolute atomic E-state index is 6.05. The molecule has 0 spiro atoms. The Morgan fingerprint density at radius 2 is 1.52 bits per heavy atom. The van der Waals surface area contributed by atoms with Crippen molar-refractivity contribution < 1.29 is 9.15 Å². The van der Waals surface area contributed by atoms with Crippen molar-refractivity contribution in [1.29, 1.82) is 0 Å². The Bertz CT molecular complexity index is 834.